The monoisotopic (exact) mass is 445 g/mol. The molecule has 0 aromatic heterocycles. The molecule has 1 heterocycles. The molecule has 0 spiro atoms. The molecule has 0 unspecified atom stereocenters. The minimum Gasteiger partial charge on any atom is -0.399 e. The van der Waals surface area contributed by atoms with Crippen molar-refractivity contribution in [3.8, 4) is 0 Å². The zero-order chi connectivity index (χ0) is 23.2. The molecule has 5 nitrogen and oxygen atoms in total. The van der Waals surface area contributed by atoms with Gasteiger partial charge >= 0.3 is 0 Å². The molecule has 6 heteroatoms. The molecule has 1 fully saturated rings. The SMILES string of the molecule is Nc1cccc(C(=O)N(CCN2CCC(C(=O)c3ccc(F)cc3)CC2)c2ccccc2)c1. The number of hydrogen-bond acceptors (Lipinski definition) is 4. The number of Topliss-reactive ketones (excluding diaryl/α,β-unsaturated/α-hetero) is 1. The Morgan fingerprint density at radius 1 is 0.909 bits per heavy atom. The van der Waals surface area contributed by atoms with Gasteiger partial charge in [-0.15, -0.1) is 0 Å². The molecule has 1 aliphatic rings. The fourth-order valence-electron chi connectivity index (χ4n) is 4.29. The summed E-state index contributed by atoms with van der Waals surface area (Å²) in [5, 5.41) is 0. The van der Waals surface area contributed by atoms with Gasteiger partial charge in [0.05, 0.1) is 0 Å². The van der Waals surface area contributed by atoms with E-state index in [0.29, 0.717) is 29.9 Å². The van der Waals surface area contributed by atoms with E-state index in [-0.39, 0.29) is 23.4 Å². The van der Waals surface area contributed by atoms with Gasteiger partial charge in [0.2, 0.25) is 0 Å². The number of nitrogens with zero attached hydrogens (tertiary/aromatic N) is 2. The molecule has 3 aromatic carbocycles. The van der Waals surface area contributed by atoms with Crippen LogP contribution in [0.3, 0.4) is 0 Å². The van der Waals surface area contributed by atoms with Crippen LogP contribution in [0.2, 0.25) is 0 Å². The number of benzene rings is 3. The van der Waals surface area contributed by atoms with Gasteiger partial charge in [-0.3, -0.25) is 9.59 Å². The molecule has 4 rings (SSSR count). The number of anilines is 2. The van der Waals surface area contributed by atoms with Gasteiger partial charge in [0.15, 0.2) is 5.78 Å². The number of nitrogens with two attached hydrogens (primary N) is 1. The van der Waals surface area contributed by atoms with E-state index in [4.69, 9.17) is 5.73 Å². The number of hydrogen-bond donors (Lipinski definition) is 1. The highest BCUT2D eigenvalue weighted by Crippen LogP contribution is 2.23. The van der Waals surface area contributed by atoms with Gasteiger partial charge < -0.3 is 15.5 Å². The number of para-hydroxylation sites is 1. The molecule has 0 saturated carbocycles. The topological polar surface area (TPSA) is 66.6 Å². The molecule has 1 saturated heterocycles. The lowest BCUT2D eigenvalue weighted by Gasteiger charge is -2.33. The summed E-state index contributed by atoms with van der Waals surface area (Å²) in [7, 11) is 0. The van der Waals surface area contributed by atoms with Crippen molar-refractivity contribution in [3.63, 3.8) is 0 Å². The van der Waals surface area contributed by atoms with Gasteiger partial charge in [0.1, 0.15) is 5.82 Å². The maximum Gasteiger partial charge on any atom is 0.258 e. The Morgan fingerprint density at radius 2 is 1.61 bits per heavy atom. The fourth-order valence-corrected chi connectivity index (χ4v) is 4.29. The molecule has 1 amide bonds. The number of piperidine rings is 1. The Labute approximate surface area is 193 Å². The van der Waals surface area contributed by atoms with E-state index in [9.17, 15) is 14.0 Å². The van der Waals surface area contributed by atoms with Crippen LogP contribution in [-0.4, -0.2) is 42.8 Å². The molecule has 170 valence electrons. The second-order valence-corrected chi connectivity index (χ2v) is 8.40. The highest BCUT2D eigenvalue weighted by Gasteiger charge is 2.27. The quantitative estimate of drug-likeness (QED) is 0.425. The zero-order valence-electron chi connectivity index (χ0n) is 18.5. The summed E-state index contributed by atoms with van der Waals surface area (Å²) in [6.45, 7) is 2.81. The summed E-state index contributed by atoms with van der Waals surface area (Å²) >= 11 is 0. The van der Waals surface area contributed by atoms with Crippen LogP contribution in [0.15, 0.2) is 78.9 Å². The number of likely N-dealkylation sites (tertiary alicyclic amines) is 1. The smallest absolute Gasteiger partial charge is 0.258 e. The number of amides is 1. The van der Waals surface area contributed by atoms with E-state index in [0.717, 1.165) is 31.6 Å². The maximum absolute atomic E-state index is 13.3. The lowest BCUT2D eigenvalue weighted by Crippen LogP contribution is -2.42. The van der Waals surface area contributed by atoms with Crippen LogP contribution in [0.1, 0.15) is 33.6 Å². The van der Waals surface area contributed by atoms with Crippen LogP contribution in [0.25, 0.3) is 0 Å². The average molecular weight is 446 g/mol. The Balaban J connectivity index is 1.38. The van der Waals surface area contributed by atoms with Gasteiger partial charge in [-0.1, -0.05) is 24.3 Å². The second-order valence-electron chi connectivity index (χ2n) is 8.40. The van der Waals surface area contributed by atoms with Crippen LogP contribution in [0.5, 0.6) is 0 Å². The summed E-state index contributed by atoms with van der Waals surface area (Å²) < 4.78 is 13.1. The van der Waals surface area contributed by atoms with Crippen LogP contribution in [0.4, 0.5) is 15.8 Å². The predicted octanol–water partition coefficient (Wildman–Crippen LogP) is 4.65. The van der Waals surface area contributed by atoms with Gasteiger partial charge in [-0.05, 0) is 80.5 Å². The van der Waals surface area contributed by atoms with Gasteiger partial charge in [-0.2, -0.15) is 0 Å². The number of rotatable bonds is 7. The molecule has 0 bridgehead atoms. The van der Waals surface area contributed by atoms with Gasteiger partial charge in [0, 0.05) is 41.5 Å². The Morgan fingerprint density at radius 3 is 2.27 bits per heavy atom. The standard InChI is InChI=1S/C27H28FN3O2/c28-23-11-9-20(10-12-23)26(32)21-13-15-30(16-14-21)17-18-31(25-7-2-1-3-8-25)27(33)22-5-4-6-24(29)19-22/h1-12,19,21H,13-18,29H2. The van der Waals surface area contributed by atoms with Crippen LogP contribution >= 0.6 is 0 Å². The van der Waals surface area contributed by atoms with Gasteiger partial charge in [0.25, 0.3) is 5.91 Å². The molecule has 0 aliphatic carbocycles. The van der Waals surface area contributed by atoms with E-state index in [1.54, 1.807) is 41.3 Å². The normalized spacial score (nSPS) is 14.7. The first kappa shape index (κ1) is 22.7. The number of halogens is 1. The summed E-state index contributed by atoms with van der Waals surface area (Å²) in [6.07, 6.45) is 1.51. The van der Waals surface area contributed by atoms with E-state index >= 15 is 0 Å². The van der Waals surface area contributed by atoms with Crippen molar-refractivity contribution < 1.29 is 14.0 Å². The van der Waals surface area contributed by atoms with E-state index in [1.165, 1.54) is 12.1 Å². The summed E-state index contributed by atoms with van der Waals surface area (Å²) in [5.74, 6) is -0.393. The highest BCUT2D eigenvalue weighted by molar-refractivity contribution is 6.06. The molecule has 2 N–H and O–H groups in total. The highest BCUT2D eigenvalue weighted by atomic mass is 19.1. The van der Waals surface area contributed by atoms with Crippen molar-refractivity contribution in [2.45, 2.75) is 12.8 Å². The fraction of sp³-hybridized carbons (Fsp3) is 0.259. The molecule has 0 radical (unpaired) electrons. The first-order valence-electron chi connectivity index (χ1n) is 11.3. The van der Waals surface area contributed by atoms with Crippen molar-refractivity contribution in [2.75, 3.05) is 36.8 Å². The number of carbonyl (C=O) groups excluding carboxylic acids is 2. The summed E-state index contributed by atoms with van der Waals surface area (Å²) in [5.41, 5.74) is 8.41. The average Bonchev–Trinajstić information content (AvgIpc) is 2.85. The lowest BCUT2D eigenvalue weighted by molar-refractivity contribution is 0.0841. The zero-order valence-corrected chi connectivity index (χ0v) is 18.5. The van der Waals surface area contributed by atoms with Crippen molar-refractivity contribution >= 4 is 23.1 Å². The third kappa shape index (κ3) is 5.65. The van der Waals surface area contributed by atoms with Gasteiger partial charge in [-0.25, -0.2) is 4.39 Å². The number of carbonyl (C=O) groups is 2. The molecular formula is C27H28FN3O2. The van der Waals surface area contributed by atoms with E-state index in [1.807, 2.05) is 30.3 Å². The molecule has 33 heavy (non-hydrogen) atoms. The van der Waals surface area contributed by atoms with Crippen molar-refractivity contribution in [3.05, 3.63) is 95.8 Å². The third-order valence-corrected chi connectivity index (χ3v) is 6.17. The maximum atomic E-state index is 13.3. The van der Waals surface area contributed by atoms with E-state index in [2.05, 4.69) is 4.90 Å². The number of ketones is 1. The molecule has 0 atom stereocenters. The van der Waals surface area contributed by atoms with Crippen molar-refractivity contribution in [1.82, 2.24) is 4.90 Å². The Bertz CT molecular complexity index is 1090. The minimum atomic E-state index is -0.336. The van der Waals surface area contributed by atoms with E-state index < -0.39 is 0 Å². The molecule has 3 aromatic rings. The van der Waals surface area contributed by atoms with Crippen molar-refractivity contribution in [1.29, 1.82) is 0 Å². The van der Waals surface area contributed by atoms with Crippen molar-refractivity contribution in [2.24, 2.45) is 5.92 Å². The first-order valence-corrected chi connectivity index (χ1v) is 11.3. The molecular weight excluding hydrogens is 417 g/mol. The first-order chi connectivity index (χ1) is 16.0. The summed E-state index contributed by atoms with van der Waals surface area (Å²) in [6, 6.07) is 22.4. The minimum absolute atomic E-state index is 0.0501. The predicted molar refractivity (Wildman–Crippen MR) is 129 cm³/mol. The Hall–Kier alpha value is -3.51. The second kappa shape index (κ2) is 10.4. The Kier molecular flexibility index (Phi) is 7.15. The lowest BCUT2D eigenvalue weighted by atomic mass is 9.89. The summed E-state index contributed by atoms with van der Waals surface area (Å²) in [4.78, 5) is 30.1. The number of nitrogen functional groups attached to an aromatic ring is 1. The van der Waals surface area contributed by atoms with Crippen LogP contribution in [0, 0.1) is 11.7 Å². The third-order valence-electron chi connectivity index (χ3n) is 6.17. The molecule has 1 aliphatic heterocycles. The van der Waals surface area contributed by atoms with Crippen LogP contribution < -0.4 is 10.6 Å². The largest absolute Gasteiger partial charge is 0.399 e. The van der Waals surface area contributed by atoms with Crippen LogP contribution in [-0.2, 0) is 0 Å².